The minimum absolute atomic E-state index is 0.614. The molecule has 16 heavy (non-hydrogen) atoms. The average Bonchev–Trinajstić information content (AvgIpc) is 2.85. The van der Waals surface area contributed by atoms with Gasteiger partial charge in [0.25, 0.3) is 0 Å². The second-order valence-corrected chi connectivity index (χ2v) is 5.08. The fourth-order valence-electron chi connectivity index (χ4n) is 2.91. The molecule has 3 heteroatoms. The Labute approximate surface area is 98.9 Å². The molecular weight excluding hydrogens is 202 g/mol. The largest absolute Gasteiger partial charge is 0.381 e. The van der Waals surface area contributed by atoms with Crippen molar-refractivity contribution >= 4 is 0 Å². The quantitative estimate of drug-likeness (QED) is 0.777. The van der Waals surface area contributed by atoms with Crippen molar-refractivity contribution in [3.8, 4) is 0 Å². The summed E-state index contributed by atoms with van der Waals surface area (Å²) in [6, 6.07) is 0.614. The molecule has 94 valence electrons. The Morgan fingerprint density at radius 2 is 1.88 bits per heavy atom. The minimum Gasteiger partial charge on any atom is -0.381 e. The van der Waals surface area contributed by atoms with Crippen molar-refractivity contribution in [3.63, 3.8) is 0 Å². The summed E-state index contributed by atoms with van der Waals surface area (Å²) in [6.07, 6.45) is 4.97. The molecule has 2 heterocycles. The monoisotopic (exact) mass is 227 g/mol. The summed E-state index contributed by atoms with van der Waals surface area (Å²) in [5.74, 6) is 1.41. The molecule has 0 aromatic heterocycles. The third-order valence-electron chi connectivity index (χ3n) is 3.81. The van der Waals surface area contributed by atoms with Gasteiger partial charge in [0.05, 0.1) is 13.2 Å². The molecule has 0 aromatic carbocycles. The molecule has 0 amide bonds. The Hall–Kier alpha value is -0.120. The maximum Gasteiger partial charge on any atom is 0.0510 e. The molecule has 3 unspecified atom stereocenters. The van der Waals surface area contributed by atoms with Crippen LogP contribution in [-0.4, -0.2) is 39.0 Å². The van der Waals surface area contributed by atoms with E-state index in [0.29, 0.717) is 17.9 Å². The van der Waals surface area contributed by atoms with E-state index in [9.17, 15) is 0 Å². The van der Waals surface area contributed by atoms with E-state index in [-0.39, 0.29) is 0 Å². The van der Waals surface area contributed by atoms with Gasteiger partial charge < -0.3 is 14.8 Å². The SMILES string of the molecule is CCCNC(C1CCCOC1)C1CCOC1. The van der Waals surface area contributed by atoms with Gasteiger partial charge in [0.2, 0.25) is 0 Å². The van der Waals surface area contributed by atoms with Gasteiger partial charge in [-0.1, -0.05) is 6.92 Å². The summed E-state index contributed by atoms with van der Waals surface area (Å²) in [4.78, 5) is 0. The van der Waals surface area contributed by atoms with Gasteiger partial charge in [-0.25, -0.2) is 0 Å². The Bertz CT molecular complexity index is 186. The predicted molar refractivity (Wildman–Crippen MR) is 64.6 cm³/mol. The number of ether oxygens (including phenoxy) is 2. The first-order chi connectivity index (χ1) is 7.92. The molecule has 2 saturated heterocycles. The highest BCUT2D eigenvalue weighted by molar-refractivity contribution is 4.86. The molecule has 2 aliphatic heterocycles. The van der Waals surface area contributed by atoms with Gasteiger partial charge in [0.1, 0.15) is 0 Å². The van der Waals surface area contributed by atoms with Crippen LogP contribution >= 0.6 is 0 Å². The van der Waals surface area contributed by atoms with Gasteiger partial charge in [-0.2, -0.15) is 0 Å². The fraction of sp³-hybridized carbons (Fsp3) is 1.00. The van der Waals surface area contributed by atoms with Gasteiger partial charge in [0.15, 0.2) is 0 Å². The van der Waals surface area contributed by atoms with Crippen LogP contribution in [0, 0.1) is 11.8 Å². The number of hydrogen-bond donors (Lipinski definition) is 1. The summed E-state index contributed by atoms with van der Waals surface area (Å²) in [7, 11) is 0. The second kappa shape index (κ2) is 6.58. The van der Waals surface area contributed by atoms with Gasteiger partial charge in [-0.3, -0.25) is 0 Å². The molecule has 1 N–H and O–H groups in total. The van der Waals surface area contributed by atoms with E-state index < -0.39 is 0 Å². The Morgan fingerprint density at radius 3 is 2.50 bits per heavy atom. The van der Waals surface area contributed by atoms with Crippen LogP contribution in [0.5, 0.6) is 0 Å². The zero-order valence-electron chi connectivity index (χ0n) is 10.4. The first kappa shape index (κ1) is 12.3. The van der Waals surface area contributed by atoms with Crippen LogP contribution in [0.3, 0.4) is 0 Å². The summed E-state index contributed by atoms with van der Waals surface area (Å²) in [6.45, 7) is 7.14. The smallest absolute Gasteiger partial charge is 0.0510 e. The molecule has 0 spiro atoms. The summed E-state index contributed by atoms with van der Waals surface area (Å²) < 4.78 is 11.1. The third kappa shape index (κ3) is 3.19. The zero-order chi connectivity index (χ0) is 11.2. The van der Waals surface area contributed by atoms with E-state index >= 15 is 0 Å². The first-order valence-corrected chi connectivity index (χ1v) is 6.80. The van der Waals surface area contributed by atoms with E-state index in [2.05, 4.69) is 12.2 Å². The van der Waals surface area contributed by atoms with Crippen molar-refractivity contribution in [1.29, 1.82) is 0 Å². The first-order valence-electron chi connectivity index (χ1n) is 6.80. The standard InChI is InChI=1S/C13H25NO2/c1-2-6-14-13(12-5-8-16-10-12)11-4-3-7-15-9-11/h11-14H,2-10H2,1H3. The summed E-state index contributed by atoms with van der Waals surface area (Å²) in [5.41, 5.74) is 0. The summed E-state index contributed by atoms with van der Waals surface area (Å²) in [5, 5.41) is 3.72. The molecule has 2 aliphatic rings. The molecule has 2 fully saturated rings. The van der Waals surface area contributed by atoms with Crippen LogP contribution in [0.1, 0.15) is 32.6 Å². The number of nitrogens with one attached hydrogen (secondary N) is 1. The van der Waals surface area contributed by atoms with Crippen LogP contribution in [-0.2, 0) is 9.47 Å². The topological polar surface area (TPSA) is 30.5 Å². The van der Waals surface area contributed by atoms with Crippen LogP contribution in [0.2, 0.25) is 0 Å². The van der Waals surface area contributed by atoms with Gasteiger partial charge in [-0.15, -0.1) is 0 Å². The molecule has 0 aromatic rings. The van der Waals surface area contributed by atoms with Crippen molar-refractivity contribution in [2.24, 2.45) is 11.8 Å². The second-order valence-electron chi connectivity index (χ2n) is 5.08. The third-order valence-corrected chi connectivity index (χ3v) is 3.81. The van der Waals surface area contributed by atoms with E-state index in [1.165, 1.54) is 25.7 Å². The normalized spacial score (nSPS) is 32.8. The summed E-state index contributed by atoms with van der Waals surface area (Å²) >= 11 is 0. The molecule has 0 radical (unpaired) electrons. The van der Waals surface area contributed by atoms with Crippen LogP contribution in [0.25, 0.3) is 0 Å². The zero-order valence-corrected chi connectivity index (χ0v) is 10.4. The van der Waals surface area contributed by atoms with Gasteiger partial charge in [0, 0.05) is 25.2 Å². The lowest BCUT2D eigenvalue weighted by atomic mass is 9.84. The van der Waals surface area contributed by atoms with E-state index in [0.717, 1.165) is 33.0 Å². The lowest BCUT2D eigenvalue weighted by molar-refractivity contribution is 0.0272. The molecule has 0 bridgehead atoms. The van der Waals surface area contributed by atoms with Crippen LogP contribution < -0.4 is 5.32 Å². The van der Waals surface area contributed by atoms with E-state index in [4.69, 9.17) is 9.47 Å². The molecule has 0 aliphatic carbocycles. The van der Waals surface area contributed by atoms with Crippen molar-refractivity contribution in [3.05, 3.63) is 0 Å². The highest BCUT2D eigenvalue weighted by atomic mass is 16.5. The molecule has 2 rings (SSSR count). The molecule has 0 saturated carbocycles. The van der Waals surface area contributed by atoms with Gasteiger partial charge in [-0.05, 0) is 38.1 Å². The van der Waals surface area contributed by atoms with Crippen molar-refractivity contribution in [1.82, 2.24) is 5.32 Å². The predicted octanol–water partition coefficient (Wildman–Crippen LogP) is 1.82. The lowest BCUT2D eigenvalue weighted by Crippen LogP contribution is -2.46. The number of hydrogen-bond acceptors (Lipinski definition) is 3. The highest BCUT2D eigenvalue weighted by Gasteiger charge is 2.32. The molecule has 3 atom stereocenters. The van der Waals surface area contributed by atoms with Crippen molar-refractivity contribution in [2.45, 2.75) is 38.6 Å². The maximum absolute atomic E-state index is 5.62. The van der Waals surface area contributed by atoms with E-state index in [1.807, 2.05) is 0 Å². The molecule has 3 nitrogen and oxygen atoms in total. The van der Waals surface area contributed by atoms with Crippen LogP contribution in [0.4, 0.5) is 0 Å². The Kier molecular flexibility index (Phi) is 5.07. The maximum atomic E-state index is 5.62. The lowest BCUT2D eigenvalue weighted by Gasteiger charge is -2.34. The molecular formula is C13H25NO2. The van der Waals surface area contributed by atoms with Crippen molar-refractivity contribution in [2.75, 3.05) is 33.0 Å². The number of rotatable bonds is 5. The Morgan fingerprint density at radius 1 is 1.12 bits per heavy atom. The van der Waals surface area contributed by atoms with E-state index in [1.54, 1.807) is 0 Å². The van der Waals surface area contributed by atoms with Crippen LogP contribution in [0.15, 0.2) is 0 Å². The highest BCUT2D eigenvalue weighted by Crippen LogP contribution is 2.27. The average molecular weight is 227 g/mol. The Balaban J connectivity index is 1.89. The minimum atomic E-state index is 0.614. The van der Waals surface area contributed by atoms with Gasteiger partial charge >= 0.3 is 0 Å². The fourth-order valence-corrected chi connectivity index (χ4v) is 2.91. The van der Waals surface area contributed by atoms with Crippen molar-refractivity contribution < 1.29 is 9.47 Å².